The van der Waals surface area contributed by atoms with Crippen molar-refractivity contribution in [3.63, 3.8) is 0 Å². The summed E-state index contributed by atoms with van der Waals surface area (Å²) in [5.74, 6) is 0.111. The molecule has 3 aliphatic rings. The Balaban J connectivity index is 0.00000259. The van der Waals surface area contributed by atoms with Gasteiger partial charge in [0.1, 0.15) is 12.4 Å². The Morgan fingerprint density at radius 2 is 1.76 bits per heavy atom. The third-order valence-electron chi connectivity index (χ3n) is 6.52. The fourth-order valence-electron chi connectivity index (χ4n) is 4.38. The summed E-state index contributed by atoms with van der Waals surface area (Å²) in [5, 5.41) is 3.55. The molecular weight excluding hydrogens is 445 g/mol. The highest BCUT2D eigenvalue weighted by Gasteiger charge is 2.39. The largest absolute Gasteiger partial charge is 0.380 e. The molecule has 1 unspecified atom stereocenters. The number of ether oxygens (including phenoxy) is 1. The number of hydrogen-bond donors (Lipinski definition) is 1. The molecule has 176 valence electrons. The molecule has 2 saturated heterocycles. The molecule has 3 fully saturated rings. The number of carbonyl (C=O) groups is 2. The van der Waals surface area contributed by atoms with Crippen LogP contribution in [0.3, 0.4) is 0 Å². The van der Waals surface area contributed by atoms with Crippen molar-refractivity contribution in [1.82, 2.24) is 15.1 Å². The lowest BCUT2D eigenvalue weighted by Gasteiger charge is -2.20. The van der Waals surface area contributed by atoms with Gasteiger partial charge in [0.05, 0.1) is 6.61 Å². The zero-order valence-electron chi connectivity index (χ0n) is 18.5. The van der Waals surface area contributed by atoms with Gasteiger partial charge in [0.15, 0.2) is 0 Å². The zero-order chi connectivity index (χ0) is 22.1. The van der Waals surface area contributed by atoms with Crippen molar-refractivity contribution < 1.29 is 18.7 Å². The molecule has 1 N–H and O–H groups in total. The van der Waals surface area contributed by atoms with E-state index in [0.717, 1.165) is 48.1 Å². The van der Waals surface area contributed by atoms with Crippen LogP contribution in [0.1, 0.15) is 30.4 Å². The van der Waals surface area contributed by atoms with Crippen LogP contribution < -0.4 is 5.32 Å². The van der Waals surface area contributed by atoms with E-state index in [9.17, 15) is 14.0 Å². The highest BCUT2D eigenvalue weighted by molar-refractivity contribution is 6.02. The van der Waals surface area contributed by atoms with Gasteiger partial charge >= 0.3 is 6.03 Å². The van der Waals surface area contributed by atoms with Crippen molar-refractivity contribution >= 4 is 24.3 Å². The Morgan fingerprint density at radius 1 is 1.00 bits per heavy atom. The number of nitrogens with zero attached hydrogens (tertiary/aromatic N) is 2. The first kappa shape index (κ1) is 23.7. The van der Waals surface area contributed by atoms with Crippen molar-refractivity contribution in [3.05, 3.63) is 59.4 Å². The maximum Gasteiger partial charge on any atom is 0.327 e. The SMILES string of the molecule is Cl.O=C1CN(Cc2ccc(-c3ccc(F)cc3)cc2CNC2CCOC2)C(=O)N1CC1CC1. The number of imide groups is 1. The van der Waals surface area contributed by atoms with Gasteiger partial charge in [-0.3, -0.25) is 9.69 Å². The molecular formula is C25H29ClFN3O3. The van der Waals surface area contributed by atoms with Crippen molar-refractivity contribution in [3.8, 4) is 11.1 Å². The van der Waals surface area contributed by atoms with Gasteiger partial charge < -0.3 is 15.0 Å². The quantitative estimate of drug-likeness (QED) is 0.589. The molecule has 2 aromatic carbocycles. The Kier molecular flexibility index (Phi) is 7.32. The number of hydrogen-bond acceptors (Lipinski definition) is 4. The standard InChI is InChI=1S/C25H28FN3O3.ClH/c26-22-7-5-18(6-8-22)19-3-4-20(21(11-19)12-27-23-9-10-32-16-23)14-28-15-24(30)29(25(28)31)13-17-1-2-17;/h3-8,11,17,23,27H,1-2,9-10,12-16H2;1H. The minimum absolute atomic E-state index is 0. The molecule has 5 rings (SSSR count). The van der Waals surface area contributed by atoms with Gasteiger partial charge in [-0.25, -0.2) is 9.18 Å². The Hall–Kier alpha value is -2.48. The van der Waals surface area contributed by atoms with E-state index in [1.54, 1.807) is 17.0 Å². The molecule has 0 radical (unpaired) electrons. The summed E-state index contributed by atoms with van der Waals surface area (Å²) in [6.07, 6.45) is 3.17. The zero-order valence-corrected chi connectivity index (χ0v) is 19.3. The van der Waals surface area contributed by atoms with Crippen molar-refractivity contribution in [2.45, 2.75) is 38.4 Å². The molecule has 33 heavy (non-hydrogen) atoms. The second-order valence-electron chi connectivity index (χ2n) is 9.02. The number of carbonyl (C=O) groups excluding carboxylic acids is 2. The van der Waals surface area contributed by atoms with Crippen LogP contribution in [0.2, 0.25) is 0 Å². The van der Waals surface area contributed by atoms with Gasteiger partial charge in [0.25, 0.3) is 0 Å². The number of nitrogens with one attached hydrogen (secondary N) is 1. The molecule has 3 amide bonds. The van der Waals surface area contributed by atoms with Gasteiger partial charge in [-0.1, -0.05) is 24.3 Å². The van der Waals surface area contributed by atoms with Gasteiger partial charge in [-0.2, -0.15) is 0 Å². The van der Waals surface area contributed by atoms with E-state index in [-0.39, 0.29) is 36.7 Å². The van der Waals surface area contributed by atoms with Crippen LogP contribution in [0.15, 0.2) is 42.5 Å². The first-order valence-corrected chi connectivity index (χ1v) is 11.3. The predicted molar refractivity (Wildman–Crippen MR) is 125 cm³/mol. The Bertz CT molecular complexity index is 1010. The molecule has 6 nitrogen and oxygen atoms in total. The van der Waals surface area contributed by atoms with Crippen LogP contribution in [-0.4, -0.2) is 54.1 Å². The summed E-state index contributed by atoms with van der Waals surface area (Å²) in [6.45, 7) is 3.18. The first-order valence-electron chi connectivity index (χ1n) is 11.3. The van der Waals surface area contributed by atoms with E-state index in [1.807, 2.05) is 12.1 Å². The topological polar surface area (TPSA) is 61.9 Å². The van der Waals surface area contributed by atoms with E-state index in [2.05, 4.69) is 11.4 Å². The molecule has 1 atom stereocenters. The summed E-state index contributed by atoms with van der Waals surface area (Å²) in [6, 6.07) is 12.7. The molecule has 2 aromatic rings. The minimum Gasteiger partial charge on any atom is -0.380 e. The van der Waals surface area contributed by atoms with Crippen LogP contribution in [0.25, 0.3) is 11.1 Å². The predicted octanol–water partition coefficient (Wildman–Crippen LogP) is 3.97. The van der Waals surface area contributed by atoms with Gasteiger partial charge in [0, 0.05) is 32.3 Å². The maximum absolute atomic E-state index is 13.4. The highest BCUT2D eigenvalue weighted by atomic mass is 35.5. The van der Waals surface area contributed by atoms with Crippen molar-refractivity contribution in [2.24, 2.45) is 5.92 Å². The highest BCUT2D eigenvalue weighted by Crippen LogP contribution is 2.31. The van der Waals surface area contributed by atoms with Crippen LogP contribution in [0.5, 0.6) is 0 Å². The summed E-state index contributed by atoms with van der Waals surface area (Å²) in [4.78, 5) is 28.3. The number of halogens is 2. The van der Waals surface area contributed by atoms with E-state index < -0.39 is 0 Å². The third-order valence-corrected chi connectivity index (χ3v) is 6.52. The molecule has 0 bridgehead atoms. The number of rotatable bonds is 8. The summed E-state index contributed by atoms with van der Waals surface area (Å²) in [5.41, 5.74) is 4.01. The average Bonchev–Trinajstić information content (AvgIpc) is 3.39. The fourth-order valence-corrected chi connectivity index (χ4v) is 4.38. The molecule has 1 aliphatic carbocycles. The van der Waals surface area contributed by atoms with Gasteiger partial charge in [-0.15, -0.1) is 12.4 Å². The maximum atomic E-state index is 13.4. The summed E-state index contributed by atoms with van der Waals surface area (Å²) in [7, 11) is 0. The van der Waals surface area contributed by atoms with E-state index in [1.165, 1.54) is 17.0 Å². The van der Waals surface area contributed by atoms with Crippen LogP contribution >= 0.6 is 12.4 Å². The van der Waals surface area contributed by atoms with E-state index >= 15 is 0 Å². The Morgan fingerprint density at radius 3 is 2.45 bits per heavy atom. The molecule has 2 aliphatic heterocycles. The minimum atomic E-state index is -0.263. The lowest BCUT2D eigenvalue weighted by molar-refractivity contribution is -0.125. The van der Waals surface area contributed by atoms with Crippen LogP contribution in [-0.2, 0) is 22.6 Å². The van der Waals surface area contributed by atoms with E-state index in [0.29, 0.717) is 38.2 Å². The molecule has 8 heteroatoms. The molecule has 2 heterocycles. The monoisotopic (exact) mass is 473 g/mol. The summed E-state index contributed by atoms with van der Waals surface area (Å²) >= 11 is 0. The van der Waals surface area contributed by atoms with Crippen LogP contribution in [0, 0.1) is 11.7 Å². The smallest absolute Gasteiger partial charge is 0.327 e. The second kappa shape index (κ2) is 10.2. The second-order valence-corrected chi connectivity index (χ2v) is 9.02. The first-order chi connectivity index (χ1) is 15.6. The molecule has 0 spiro atoms. The van der Waals surface area contributed by atoms with E-state index in [4.69, 9.17) is 4.74 Å². The normalized spacial score (nSPS) is 20.5. The lowest BCUT2D eigenvalue weighted by atomic mass is 9.98. The number of amides is 3. The van der Waals surface area contributed by atoms with Crippen molar-refractivity contribution in [2.75, 3.05) is 26.3 Å². The average molecular weight is 474 g/mol. The Labute approximate surface area is 199 Å². The van der Waals surface area contributed by atoms with Gasteiger partial charge in [0.2, 0.25) is 5.91 Å². The fraction of sp³-hybridized carbons (Fsp3) is 0.440. The number of benzene rings is 2. The molecule has 1 saturated carbocycles. The lowest BCUT2D eigenvalue weighted by Crippen LogP contribution is -2.34. The van der Waals surface area contributed by atoms with Gasteiger partial charge in [-0.05, 0) is 65.6 Å². The number of urea groups is 1. The van der Waals surface area contributed by atoms with Crippen molar-refractivity contribution in [1.29, 1.82) is 0 Å². The third kappa shape index (κ3) is 5.54. The van der Waals surface area contributed by atoms with Crippen LogP contribution in [0.4, 0.5) is 9.18 Å². The molecule has 0 aromatic heterocycles. The summed E-state index contributed by atoms with van der Waals surface area (Å²) < 4.78 is 18.8.